The summed E-state index contributed by atoms with van der Waals surface area (Å²) in [6, 6.07) is 24.4. The maximum absolute atomic E-state index is 13.3. The summed E-state index contributed by atoms with van der Waals surface area (Å²) < 4.78 is 22.3. The van der Waals surface area contributed by atoms with E-state index in [0.717, 1.165) is 17.1 Å². The van der Waals surface area contributed by atoms with Crippen molar-refractivity contribution in [2.75, 3.05) is 19.8 Å². The van der Waals surface area contributed by atoms with Gasteiger partial charge in [-0.25, -0.2) is 0 Å². The predicted octanol–water partition coefficient (Wildman–Crippen LogP) is 6.26. The van der Waals surface area contributed by atoms with Gasteiger partial charge in [-0.1, -0.05) is 42.5 Å². The van der Waals surface area contributed by atoms with Gasteiger partial charge in [-0.2, -0.15) is 0 Å². The molecular formula is C30H34O6. The smallest absolute Gasteiger partial charge is 0.328 e. The Labute approximate surface area is 213 Å². The molecule has 6 heteroatoms. The lowest BCUT2D eigenvalue weighted by atomic mass is 9.75. The van der Waals surface area contributed by atoms with E-state index in [1.807, 2.05) is 61.5 Å². The van der Waals surface area contributed by atoms with Gasteiger partial charge < -0.3 is 18.9 Å². The van der Waals surface area contributed by atoms with Gasteiger partial charge in [0.2, 0.25) is 0 Å². The van der Waals surface area contributed by atoms with Gasteiger partial charge in [-0.15, -0.1) is 0 Å². The fourth-order valence-corrected chi connectivity index (χ4v) is 4.13. The Morgan fingerprint density at radius 3 is 1.94 bits per heavy atom. The van der Waals surface area contributed by atoms with Gasteiger partial charge in [-0.05, 0) is 87.6 Å². The Morgan fingerprint density at radius 2 is 1.33 bits per heavy atom. The average molecular weight is 491 g/mol. The van der Waals surface area contributed by atoms with Crippen LogP contribution in [0.25, 0.3) is 0 Å². The summed E-state index contributed by atoms with van der Waals surface area (Å²) in [6.07, 6.45) is 1.44. The third-order valence-electron chi connectivity index (χ3n) is 5.80. The highest BCUT2D eigenvalue weighted by Crippen LogP contribution is 2.35. The first-order valence-electron chi connectivity index (χ1n) is 12.4. The van der Waals surface area contributed by atoms with Crippen molar-refractivity contribution in [2.24, 2.45) is 0 Å². The largest absolute Gasteiger partial charge is 0.494 e. The third kappa shape index (κ3) is 6.66. The summed E-state index contributed by atoms with van der Waals surface area (Å²) in [5, 5.41) is 0. The minimum absolute atomic E-state index is 0.163. The highest BCUT2D eigenvalue weighted by molar-refractivity contribution is 6.06. The van der Waals surface area contributed by atoms with Crippen LogP contribution in [0.4, 0.5) is 0 Å². The highest BCUT2D eigenvalue weighted by Gasteiger charge is 2.50. The first-order chi connectivity index (χ1) is 17.5. The molecule has 0 unspecified atom stereocenters. The minimum Gasteiger partial charge on any atom is -0.494 e. The van der Waals surface area contributed by atoms with Crippen molar-refractivity contribution in [2.45, 2.75) is 45.4 Å². The zero-order valence-electron chi connectivity index (χ0n) is 21.2. The van der Waals surface area contributed by atoms with Crippen molar-refractivity contribution in [3.8, 4) is 17.2 Å². The van der Waals surface area contributed by atoms with Crippen LogP contribution in [0.1, 0.15) is 44.7 Å². The molecule has 0 radical (unpaired) electrons. The van der Waals surface area contributed by atoms with Crippen LogP contribution in [0, 0.1) is 0 Å². The molecular weight excluding hydrogens is 456 g/mol. The van der Waals surface area contributed by atoms with Gasteiger partial charge in [0.1, 0.15) is 17.2 Å². The number of carbonyl (C=O) groups is 2. The van der Waals surface area contributed by atoms with Crippen molar-refractivity contribution in [3.63, 3.8) is 0 Å². The first-order valence-corrected chi connectivity index (χ1v) is 12.4. The molecule has 0 aliphatic carbocycles. The van der Waals surface area contributed by atoms with Crippen LogP contribution in [0.3, 0.4) is 0 Å². The fraction of sp³-hybridized carbons (Fsp3) is 0.333. The van der Waals surface area contributed by atoms with E-state index in [1.165, 1.54) is 0 Å². The molecule has 0 aliphatic rings. The van der Waals surface area contributed by atoms with Crippen LogP contribution in [0.2, 0.25) is 0 Å². The number of para-hydroxylation sites is 1. The van der Waals surface area contributed by atoms with E-state index in [2.05, 4.69) is 0 Å². The molecule has 0 amide bonds. The van der Waals surface area contributed by atoms with E-state index in [1.54, 1.807) is 38.1 Å². The van der Waals surface area contributed by atoms with Crippen molar-refractivity contribution < 1.29 is 28.5 Å². The molecule has 3 aromatic rings. The zero-order chi connectivity index (χ0) is 25.8. The second-order valence-corrected chi connectivity index (χ2v) is 8.22. The van der Waals surface area contributed by atoms with Crippen molar-refractivity contribution in [1.29, 1.82) is 0 Å². The molecule has 0 spiro atoms. The topological polar surface area (TPSA) is 71.1 Å². The molecule has 0 fully saturated rings. The highest BCUT2D eigenvalue weighted by atomic mass is 16.6. The number of esters is 2. The van der Waals surface area contributed by atoms with Crippen molar-refractivity contribution in [3.05, 3.63) is 90.0 Å². The zero-order valence-corrected chi connectivity index (χ0v) is 21.2. The second-order valence-electron chi connectivity index (χ2n) is 8.22. The third-order valence-corrected chi connectivity index (χ3v) is 5.80. The first kappa shape index (κ1) is 26.8. The van der Waals surface area contributed by atoms with E-state index in [0.29, 0.717) is 30.8 Å². The fourth-order valence-electron chi connectivity index (χ4n) is 4.13. The Balaban J connectivity index is 1.84. The number of benzene rings is 3. The number of hydrogen-bond donors (Lipinski definition) is 0. The molecule has 0 N–H and O–H groups in total. The lowest BCUT2D eigenvalue weighted by molar-refractivity contribution is -0.165. The Bertz CT molecular complexity index is 1090. The SMILES string of the molecule is CCOC(=O)C(CCCc1cccc(Oc2ccccc2)c1)(C(=O)OCC)c1ccc(OCC)cc1. The molecule has 0 atom stereocenters. The average Bonchev–Trinajstić information content (AvgIpc) is 2.88. The minimum atomic E-state index is -1.56. The summed E-state index contributed by atoms with van der Waals surface area (Å²) in [4.78, 5) is 26.6. The molecule has 36 heavy (non-hydrogen) atoms. The molecule has 6 nitrogen and oxygen atoms in total. The van der Waals surface area contributed by atoms with Gasteiger partial charge in [0.05, 0.1) is 19.8 Å². The van der Waals surface area contributed by atoms with Crippen LogP contribution in [-0.4, -0.2) is 31.8 Å². The summed E-state index contributed by atoms with van der Waals surface area (Å²) in [5.74, 6) is 0.946. The summed E-state index contributed by atoms with van der Waals surface area (Å²) in [6.45, 7) is 6.20. The van der Waals surface area contributed by atoms with Crippen LogP contribution >= 0.6 is 0 Å². The molecule has 0 bridgehead atoms. The quantitative estimate of drug-likeness (QED) is 0.208. The second kappa shape index (κ2) is 13.3. The molecule has 3 rings (SSSR count). The maximum Gasteiger partial charge on any atom is 0.328 e. The van der Waals surface area contributed by atoms with Gasteiger partial charge in [0, 0.05) is 0 Å². The number of aryl methyl sites for hydroxylation is 1. The van der Waals surface area contributed by atoms with E-state index in [9.17, 15) is 9.59 Å². The Morgan fingerprint density at radius 1 is 0.694 bits per heavy atom. The molecule has 0 heterocycles. The maximum atomic E-state index is 13.3. The number of hydrogen-bond acceptors (Lipinski definition) is 6. The van der Waals surface area contributed by atoms with Crippen LogP contribution < -0.4 is 9.47 Å². The lowest BCUT2D eigenvalue weighted by Crippen LogP contribution is -2.46. The lowest BCUT2D eigenvalue weighted by Gasteiger charge is -2.30. The van der Waals surface area contributed by atoms with Gasteiger partial charge >= 0.3 is 11.9 Å². The van der Waals surface area contributed by atoms with E-state index < -0.39 is 17.4 Å². The van der Waals surface area contributed by atoms with E-state index in [-0.39, 0.29) is 19.6 Å². The van der Waals surface area contributed by atoms with E-state index >= 15 is 0 Å². The van der Waals surface area contributed by atoms with Crippen molar-refractivity contribution in [1.82, 2.24) is 0 Å². The van der Waals surface area contributed by atoms with E-state index in [4.69, 9.17) is 18.9 Å². The summed E-state index contributed by atoms with van der Waals surface area (Å²) >= 11 is 0. The predicted molar refractivity (Wildman–Crippen MR) is 138 cm³/mol. The van der Waals surface area contributed by atoms with Gasteiger partial charge in [0.15, 0.2) is 5.41 Å². The van der Waals surface area contributed by atoms with Crippen LogP contribution in [-0.2, 0) is 30.9 Å². The molecule has 0 aromatic heterocycles. The summed E-state index contributed by atoms with van der Waals surface area (Å²) in [7, 11) is 0. The Kier molecular flexibility index (Phi) is 9.92. The standard InChI is InChI=1S/C30H34O6/c1-4-33-25-19-17-24(18-20-25)30(28(31)34-5-2,29(32)35-6-3)21-11-13-23-12-10-16-27(22-23)36-26-14-8-7-9-15-26/h7-10,12,14-20,22H,4-6,11,13,21H2,1-3H3. The molecule has 190 valence electrons. The number of ether oxygens (including phenoxy) is 4. The normalized spacial score (nSPS) is 11.0. The van der Waals surface area contributed by atoms with Gasteiger partial charge in [0.25, 0.3) is 0 Å². The van der Waals surface area contributed by atoms with Gasteiger partial charge in [-0.3, -0.25) is 9.59 Å². The van der Waals surface area contributed by atoms with Crippen LogP contribution in [0.15, 0.2) is 78.9 Å². The molecule has 0 aliphatic heterocycles. The number of carbonyl (C=O) groups excluding carboxylic acids is 2. The van der Waals surface area contributed by atoms with Crippen LogP contribution in [0.5, 0.6) is 17.2 Å². The van der Waals surface area contributed by atoms with Crippen molar-refractivity contribution >= 4 is 11.9 Å². The number of rotatable bonds is 13. The monoisotopic (exact) mass is 490 g/mol. The Hall–Kier alpha value is -3.80. The molecule has 3 aromatic carbocycles. The molecule has 0 saturated carbocycles. The molecule has 0 saturated heterocycles. The summed E-state index contributed by atoms with van der Waals surface area (Å²) in [5.41, 5.74) is 0.00954.